The predicted molar refractivity (Wildman–Crippen MR) is 152 cm³/mol. The molecule has 10 nitrogen and oxygen atoms in total. The molecule has 0 atom stereocenters. The van der Waals surface area contributed by atoms with E-state index >= 15 is 0 Å². The smallest absolute Gasteiger partial charge is 0.579 e. The van der Waals surface area contributed by atoms with Gasteiger partial charge in [0.15, 0.2) is 0 Å². The average molecular weight is 967 g/mol. The maximum atomic E-state index is 12.2. The largest absolute Gasteiger partial charge is 2.00 e. The second-order valence-corrected chi connectivity index (χ2v) is 8.21. The van der Waals surface area contributed by atoms with Crippen molar-refractivity contribution in [3.63, 3.8) is 0 Å². The molecule has 0 amide bonds. The van der Waals surface area contributed by atoms with E-state index < -0.39 is 11.9 Å². The molecular weight excluding hydrogens is 936 g/mol. The first-order valence-electron chi connectivity index (χ1n) is 12.8. The van der Waals surface area contributed by atoms with E-state index in [1.54, 1.807) is 30.6 Å². The number of rotatable bonds is 2. The molecule has 6 aromatic heterocycles. The molecule has 0 fully saturated rings. The molecule has 0 aromatic carbocycles. The minimum atomic E-state index is -4.46. The van der Waals surface area contributed by atoms with Crippen LogP contribution in [0.2, 0.25) is 0 Å². The monoisotopic (exact) mass is 966 g/mol. The van der Waals surface area contributed by atoms with Crippen molar-refractivity contribution < 1.29 is 55.3 Å². The van der Waals surface area contributed by atoms with E-state index in [0.717, 1.165) is 40.2 Å². The fourth-order valence-electron chi connectivity index (χ4n) is 2.92. The summed E-state index contributed by atoms with van der Waals surface area (Å²) in [5, 5.41) is 29.1. The van der Waals surface area contributed by atoms with E-state index in [1.807, 2.05) is 77.9 Å². The maximum absolute atomic E-state index is 12.2. The minimum Gasteiger partial charge on any atom is -0.579 e. The van der Waals surface area contributed by atoms with Crippen molar-refractivity contribution in [3.8, 4) is 22.8 Å². The molecule has 0 aliphatic carbocycles. The van der Waals surface area contributed by atoms with Gasteiger partial charge in [0.2, 0.25) is 0 Å². The predicted octanol–water partition coefficient (Wildman–Crippen LogP) is 5.55. The van der Waals surface area contributed by atoms with Crippen molar-refractivity contribution in [3.05, 3.63) is 108 Å². The number of hydrogen-bond acceptors (Lipinski definition) is 6. The molecule has 0 aliphatic rings. The zero-order valence-corrected chi connectivity index (χ0v) is 29.3. The molecule has 238 valence electrons. The summed E-state index contributed by atoms with van der Waals surface area (Å²) in [5.41, 5.74) is 5.12. The van der Waals surface area contributed by atoms with E-state index in [4.69, 9.17) is 0 Å². The van der Waals surface area contributed by atoms with Crippen LogP contribution in [0.4, 0.5) is 13.2 Å². The molecule has 0 radical (unpaired) electrons. The van der Waals surface area contributed by atoms with Gasteiger partial charge in [-0.25, -0.2) is 0 Å². The Morgan fingerprint density at radius 2 is 1.09 bits per heavy atom. The van der Waals surface area contributed by atoms with Gasteiger partial charge in [0, 0.05) is 41.4 Å². The topological polar surface area (TPSA) is 134 Å². The first kappa shape index (κ1) is 40.3. The zero-order chi connectivity index (χ0) is 31.0. The van der Waals surface area contributed by atoms with Crippen LogP contribution in [-0.4, -0.2) is 30.4 Å². The Kier molecular flexibility index (Phi) is 19.3. The normalized spacial score (nSPS) is 9.57. The molecule has 0 aliphatic heterocycles. The van der Waals surface area contributed by atoms with Gasteiger partial charge in [0.05, 0.1) is 0 Å². The van der Waals surface area contributed by atoms with Gasteiger partial charge < -0.3 is 40.8 Å². The van der Waals surface area contributed by atoms with Gasteiger partial charge in [-0.15, -0.1) is 11.4 Å². The van der Waals surface area contributed by atoms with Crippen LogP contribution < -0.4 is 20.4 Å². The van der Waals surface area contributed by atoms with E-state index in [2.05, 4.69) is 50.8 Å². The molecule has 6 heterocycles. The van der Waals surface area contributed by atoms with Crippen molar-refractivity contribution in [2.24, 2.45) is 0 Å². The van der Waals surface area contributed by atoms with Crippen LogP contribution >= 0.6 is 0 Å². The molecule has 44 heavy (non-hydrogen) atoms. The van der Waals surface area contributed by atoms with Crippen LogP contribution in [-0.2, 0) is 48.3 Å². The average Bonchev–Trinajstić information content (AvgIpc) is 3.81. The van der Waals surface area contributed by atoms with Crippen molar-refractivity contribution in [2.75, 3.05) is 0 Å². The third-order valence-electron chi connectivity index (χ3n) is 4.73. The number of pyridine rings is 2. The SMILES string of the molecule is CC.Cc1cc(-c2ccccn2)[n-]n1.Cc1cc(C)[n-]n1.Cc1ccn[n-]1.FC(F)(F)c1cc(-c2ccccn2)[n-]n1.[Pt+2].[Pt+2]. The fourth-order valence-corrected chi connectivity index (χ4v) is 2.92. The molecule has 0 unspecified atom stereocenters. The summed E-state index contributed by atoms with van der Waals surface area (Å²) in [4.78, 5) is 8.03. The number of halogens is 3. The number of nitrogens with zero attached hydrogens (tertiary/aromatic N) is 10. The quantitative estimate of drug-likeness (QED) is 0.218. The van der Waals surface area contributed by atoms with Crippen LogP contribution in [0, 0.1) is 27.7 Å². The first-order valence-corrected chi connectivity index (χ1v) is 12.8. The van der Waals surface area contributed by atoms with Gasteiger partial charge in [0.1, 0.15) is 5.69 Å². The summed E-state index contributed by atoms with van der Waals surface area (Å²) < 4.78 is 36.6. The van der Waals surface area contributed by atoms with Crippen LogP contribution in [0.5, 0.6) is 0 Å². The van der Waals surface area contributed by atoms with E-state index in [0.29, 0.717) is 5.69 Å². The van der Waals surface area contributed by atoms with Crippen LogP contribution in [0.25, 0.3) is 22.8 Å². The minimum absolute atomic E-state index is 0. The molecule has 0 saturated heterocycles. The van der Waals surface area contributed by atoms with E-state index in [9.17, 15) is 13.2 Å². The summed E-state index contributed by atoms with van der Waals surface area (Å²) in [6.45, 7) is 11.7. The van der Waals surface area contributed by atoms with Gasteiger partial charge in [-0.3, -0.25) is 9.97 Å². The Morgan fingerprint density at radius 1 is 0.568 bits per heavy atom. The van der Waals surface area contributed by atoms with Gasteiger partial charge in [-0.1, -0.05) is 69.4 Å². The van der Waals surface area contributed by atoms with Crippen molar-refractivity contribution >= 4 is 0 Å². The fraction of sp³-hybridized carbons (Fsp3) is 0.241. The van der Waals surface area contributed by atoms with E-state index in [1.165, 1.54) is 6.20 Å². The standard InChI is InChI=1S/C9H5F3N3.C9H8N3.C5H7N2.C4H5N2.C2H6.2Pt/c10-9(11,12)8-5-7(14-15-8)6-3-1-2-4-13-6;1-7-6-9(12-11-7)8-4-2-3-5-10-8;1-4-3-5(2)7-6-4;1-4-2-3-5-6-4;1-2;;/h1-5H;2-6H,1H3;3H,1-2H3;2-3H,1H3;1-2H3;;/q4*-1;;2*+2. The summed E-state index contributed by atoms with van der Waals surface area (Å²) >= 11 is 0. The van der Waals surface area contributed by atoms with Gasteiger partial charge in [-0.2, -0.15) is 13.2 Å². The maximum Gasteiger partial charge on any atom is 2.00 e. The van der Waals surface area contributed by atoms with Crippen LogP contribution in [0.3, 0.4) is 0 Å². The zero-order valence-electron chi connectivity index (χ0n) is 24.7. The molecular formula is C29H31F3N10Pt2. The van der Waals surface area contributed by atoms with Gasteiger partial charge in [0.25, 0.3) is 0 Å². The molecule has 6 aromatic rings. The number of hydrogen-bond donors (Lipinski definition) is 0. The third-order valence-corrected chi connectivity index (χ3v) is 4.73. The van der Waals surface area contributed by atoms with Gasteiger partial charge in [-0.05, 0) is 44.2 Å². The van der Waals surface area contributed by atoms with Crippen LogP contribution in [0.1, 0.15) is 42.3 Å². The molecule has 0 bridgehead atoms. The second-order valence-electron chi connectivity index (χ2n) is 8.21. The number of aromatic nitrogens is 10. The molecule has 15 heteroatoms. The Morgan fingerprint density at radius 3 is 1.39 bits per heavy atom. The Bertz CT molecular complexity index is 1520. The van der Waals surface area contributed by atoms with Crippen molar-refractivity contribution in [1.29, 1.82) is 0 Å². The molecule has 6 rings (SSSR count). The molecule has 0 saturated carbocycles. The number of aryl methyl sites for hydroxylation is 4. The molecule has 0 spiro atoms. The van der Waals surface area contributed by atoms with Gasteiger partial charge >= 0.3 is 48.3 Å². The summed E-state index contributed by atoms with van der Waals surface area (Å²) in [5.74, 6) is 0. The van der Waals surface area contributed by atoms with Crippen LogP contribution in [0.15, 0.2) is 79.3 Å². The summed E-state index contributed by atoms with van der Waals surface area (Å²) in [7, 11) is 0. The Hall–Kier alpha value is -3.69. The van der Waals surface area contributed by atoms with E-state index in [-0.39, 0.29) is 47.8 Å². The van der Waals surface area contributed by atoms with Crippen molar-refractivity contribution in [2.45, 2.75) is 47.7 Å². The first-order chi connectivity index (χ1) is 20.1. The second kappa shape index (κ2) is 21.1. The Balaban J connectivity index is 0.000000571. The third kappa shape index (κ3) is 14.7. The van der Waals surface area contributed by atoms with Crippen molar-refractivity contribution in [1.82, 2.24) is 50.8 Å². The summed E-state index contributed by atoms with van der Waals surface area (Å²) in [6, 6.07) is 17.3. The molecule has 0 N–H and O–H groups in total. The number of alkyl halides is 3. The summed E-state index contributed by atoms with van der Waals surface area (Å²) in [6.07, 6.45) is 0.450. The Labute approximate surface area is 283 Å².